The number of nitriles is 2. The Bertz CT molecular complexity index is 497. The molecule has 0 fully saturated rings. The first-order valence-electron chi connectivity index (χ1n) is 6.18. The zero-order valence-corrected chi connectivity index (χ0v) is 11.0. The molecule has 0 bridgehead atoms. The molecule has 104 valence electrons. The Labute approximate surface area is 117 Å². The van der Waals surface area contributed by atoms with Crippen LogP contribution in [0.5, 0.6) is 0 Å². The van der Waals surface area contributed by atoms with Gasteiger partial charge in [0.25, 0.3) is 0 Å². The minimum absolute atomic E-state index is 0.0441. The van der Waals surface area contributed by atoms with E-state index in [1.54, 1.807) is 0 Å². The van der Waals surface area contributed by atoms with Crippen LogP contribution in [0.15, 0.2) is 24.3 Å². The first-order chi connectivity index (χ1) is 9.67. The summed E-state index contributed by atoms with van der Waals surface area (Å²) in [4.78, 5) is 13.4. The smallest absolute Gasteiger partial charge is 0.241 e. The Hall–Kier alpha value is -2.60. The number of rotatable bonds is 7. The van der Waals surface area contributed by atoms with Crippen LogP contribution in [0, 0.1) is 28.5 Å². The van der Waals surface area contributed by atoms with Crippen molar-refractivity contribution in [2.45, 2.75) is 12.8 Å². The highest BCUT2D eigenvalue weighted by Gasteiger charge is 2.12. The maximum atomic E-state index is 12.7. The molecule has 1 rings (SSSR count). The second kappa shape index (κ2) is 8.49. The van der Waals surface area contributed by atoms with Crippen LogP contribution in [0.25, 0.3) is 0 Å². The second-order valence-electron chi connectivity index (χ2n) is 4.06. The summed E-state index contributed by atoms with van der Waals surface area (Å²) in [6.45, 7) is 0.659. The average Bonchev–Trinajstić information content (AvgIpc) is 2.46. The molecule has 0 heterocycles. The number of nitrogens with zero attached hydrogens (tertiary/aromatic N) is 3. The number of anilines is 1. The van der Waals surface area contributed by atoms with Crippen molar-refractivity contribution in [2.75, 3.05) is 25.0 Å². The van der Waals surface area contributed by atoms with Gasteiger partial charge >= 0.3 is 0 Å². The van der Waals surface area contributed by atoms with E-state index in [0.29, 0.717) is 18.8 Å². The third-order valence-electron chi connectivity index (χ3n) is 2.63. The highest BCUT2D eigenvalue weighted by molar-refractivity contribution is 5.80. The third kappa shape index (κ3) is 5.36. The Morgan fingerprint density at radius 1 is 1.15 bits per heavy atom. The second-order valence-corrected chi connectivity index (χ2v) is 4.06. The van der Waals surface area contributed by atoms with Gasteiger partial charge < -0.3 is 10.2 Å². The third-order valence-corrected chi connectivity index (χ3v) is 2.63. The van der Waals surface area contributed by atoms with E-state index in [1.165, 1.54) is 29.2 Å². The van der Waals surface area contributed by atoms with Crippen molar-refractivity contribution in [3.05, 3.63) is 30.1 Å². The van der Waals surface area contributed by atoms with Crippen molar-refractivity contribution in [1.82, 2.24) is 4.90 Å². The predicted molar refractivity (Wildman–Crippen MR) is 71.9 cm³/mol. The fourth-order valence-electron chi connectivity index (χ4n) is 1.59. The van der Waals surface area contributed by atoms with E-state index in [0.717, 1.165) is 0 Å². The maximum absolute atomic E-state index is 12.7. The molecule has 0 aliphatic rings. The van der Waals surface area contributed by atoms with Gasteiger partial charge in [-0.05, 0) is 24.3 Å². The molecule has 0 radical (unpaired) electrons. The number of benzene rings is 1. The summed E-state index contributed by atoms with van der Waals surface area (Å²) in [5, 5.41) is 20.0. The molecule has 6 heteroatoms. The summed E-state index contributed by atoms with van der Waals surface area (Å²) in [7, 11) is 0. The van der Waals surface area contributed by atoms with Crippen molar-refractivity contribution < 1.29 is 9.18 Å². The molecule has 1 aromatic carbocycles. The largest absolute Gasteiger partial charge is 0.376 e. The number of hydrogen-bond donors (Lipinski definition) is 1. The van der Waals surface area contributed by atoms with Crippen LogP contribution in [-0.2, 0) is 4.79 Å². The van der Waals surface area contributed by atoms with Gasteiger partial charge in [0.05, 0.1) is 31.5 Å². The summed E-state index contributed by atoms with van der Waals surface area (Å²) in [5.74, 6) is -0.536. The molecule has 0 saturated heterocycles. The van der Waals surface area contributed by atoms with Gasteiger partial charge in [-0.3, -0.25) is 4.79 Å². The van der Waals surface area contributed by atoms with Gasteiger partial charge in [-0.2, -0.15) is 10.5 Å². The van der Waals surface area contributed by atoms with Gasteiger partial charge in [-0.25, -0.2) is 4.39 Å². The lowest BCUT2D eigenvalue weighted by molar-refractivity contribution is -0.129. The van der Waals surface area contributed by atoms with Gasteiger partial charge in [0.1, 0.15) is 5.82 Å². The van der Waals surface area contributed by atoms with Crippen LogP contribution < -0.4 is 5.32 Å². The van der Waals surface area contributed by atoms with E-state index in [9.17, 15) is 9.18 Å². The monoisotopic (exact) mass is 274 g/mol. The number of carbonyl (C=O) groups is 1. The van der Waals surface area contributed by atoms with E-state index in [2.05, 4.69) is 5.32 Å². The maximum Gasteiger partial charge on any atom is 0.241 e. The SMILES string of the molecule is N#CCCN(CCC#N)C(=O)CNc1ccc(F)cc1. The molecule has 0 atom stereocenters. The van der Waals surface area contributed by atoms with Gasteiger partial charge in [0, 0.05) is 18.8 Å². The predicted octanol–water partition coefficient (Wildman–Crippen LogP) is 1.89. The molecular formula is C14H15FN4O. The fourth-order valence-corrected chi connectivity index (χ4v) is 1.59. The summed E-state index contributed by atoms with van der Waals surface area (Å²) < 4.78 is 12.7. The van der Waals surface area contributed by atoms with E-state index in [1.807, 2.05) is 12.1 Å². The molecule has 20 heavy (non-hydrogen) atoms. The van der Waals surface area contributed by atoms with Crippen LogP contribution in [0.1, 0.15) is 12.8 Å². The van der Waals surface area contributed by atoms with Crippen molar-refractivity contribution in [1.29, 1.82) is 10.5 Å². The highest BCUT2D eigenvalue weighted by atomic mass is 19.1. The molecule has 0 aromatic heterocycles. The Balaban J connectivity index is 2.50. The molecule has 5 nitrogen and oxygen atoms in total. The number of hydrogen-bond acceptors (Lipinski definition) is 4. The van der Waals surface area contributed by atoms with Gasteiger partial charge in [-0.1, -0.05) is 0 Å². The lowest BCUT2D eigenvalue weighted by Gasteiger charge is -2.20. The quantitative estimate of drug-likeness (QED) is 0.823. The van der Waals surface area contributed by atoms with Crippen LogP contribution in [0.3, 0.4) is 0 Å². The van der Waals surface area contributed by atoms with Crippen LogP contribution in [0.4, 0.5) is 10.1 Å². The number of halogens is 1. The number of amides is 1. The Morgan fingerprint density at radius 3 is 2.20 bits per heavy atom. The topological polar surface area (TPSA) is 79.9 Å². The molecule has 0 aliphatic carbocycles. The summed E-state index contributed by atoms with van der Waals surface area (Å²) in [5.41, 5.74) is 0.639. The lowest BCUT2D eigenvalue weighted by atomic mass is 10.3. The first kappa shape index (κ1) is 15.5. The normalized spacial score (nSPS) is 9.35. The van der Waals surface area contributed by atoms with Crippen molar-refractivity contribution in [2.24, 2.45) is 0 Å². The zero-order valence-electron chi connectivity index (χ0n) is 11.0. The van der Waals surface area contributed by atoms with Crippen molar-refractivity contribution in [3.8, 4) is 12.1 Å². The Morgan fingerprint density at radius 2 is 1.70 bits per heavy atom. The molecule has 0 spiro atoms. The molecule has 1 amide bonds. The molecule has 1 aromatic rings. The van der Waals surface area contributed by atoms with E-state index < -0.39 is 0 Å². The van der Waals surface area contributed by atoms with Crippen LogP contribution in [0.2, 0.25) is 0 Å². The molecule has 0 unspecified atom stereocenters. The summed E-state index contributed by atoms with van der Waals surface area (Å²) >= 11 is 0. The van der Waals surface area contributed by atoms with Crippen LogP contribution in [-0.4, -0.2) is 30.4 Å². The minimum atomic E-state index is -0.341. The minimum Gasteiger partial charge on any atom is -0.376 e. The standard InChI is InChI=1S/C14H15FN4O/c15-12-3-5-13(6-4-12)18-11-14(20)19(9-1-7-16)10-2-8-17/h3-6,18H,1-2,9-11H2. The molecular weight excluding hydrogens is 259 g/mol. The molecule has 0 aliphatic heterocycles. The van der Waals surface area contributed by atoms with Crippen molar-refractivity contribution >= 4 is 11.6 Å². The van der Waals surface area contributed by atoms with E-state index in [-0.39, 0.29) is 31.1 Å². The van der Waals surface area contributed by atoms with Gasteiger partial charge in [0.2, 0.25) is 5.91 Å². The van der Waals surface area contributed by atoms with Gasteiger partial charge in [0.15, 0.2) is 0 Å². The summed E-state index contributed by atoms with van der Waals surface area (Å²) in [6.07, 6.45) is 0.460. The highest BCUT2D eigenvalue weighted by Crippen LogP contribution is 2.08. The zero-order chi connectivity index (χ0) is 14.8. The van der Waals surface area contributed by atoms with E-state index in [4.69, 9.17) is 10.5 Å². The fraction of sp³-hybridized carbons (Fsp3) is 0.357. The van der Waals surface area contributed by atoms with Crippen molar-refractivity contribution in [3.63, 3.8) is 0 Å². The number of nitrogens with one attached hydrogen (secondary N) is 1. The van der Waals surface area contributed by atoms with Gasteiger partial charge in [-0.15, -0.1) is 0 Å². The van der Waals surface area contributed by atoms with E-state index >= 15 is 0 Å². The van der Waals surface area contributed by atoms with Crippen LogP contribution >= 0.6 is 0 Å². The molecule has 1 N–H and O–H groups in total. The number of carbonyl (C=O) groups excluding carboxylic acids is 1. The lowest BCUT2D eigenvalue weighted by Crippen LogP contribution is -2.36. The first-order valence-corrected chi connectivity index (χ1v) is 6.18. The summed E-state index contributed by atoms with van der Waals surface area (Å²) in [6, 6.07) is 9.62. The average molecular weight is 274 g/mol. The Kier molecular flexibility index (Phi) is 6.56. The molecule has 0 saturated carbocycles.